The van der Waals surface area contributed by atoms with E-state index in [0.29, 0.717) is 17.4 Å². The summed E-state index contributed by atoms with van der Waals surface area (Å²) in [7, 11) is 1.17. The average Bonchev–Trinajstić information content (AvgIpc) is 3.23. The summed E-state index contributed by atoms with van der Waals surface area (Å²) in [4.78, 5) is 37.7. The molecule has 0 radical (unpaired) electrons. The van der Waals surface area contributed by atoms with E-state index >= 15 is 0 Å². The summed E-state index contributed by atoms with van der Waals surface area (Å²) in [6.07, 6.45) is 50.6. The number of hydrogen-bond donors (Lipinski definition) is 0. The fraction of sp³-hybridized carbons (Fsp3) is 0.885. The highest BCUT2D eigenvalue weighted by Crippen LogP contribution is 2.38. The maximum atomic E-state index is 12.7. The number of nitrogens with zero attached hydrogens (tertiary/aromatic N) is 1. The zero-order valence-corrected chi connectivity index (χ0v) is 42.2. The Morgan fingerprint density at radius 3 is 1.19 bits per heavy atom. The number of carbonyl (C=O) groups excluding carboxylic acids is 2. The van der Waals surface area contributed by atoms with Gasteiger partial charge in [0.25, 0.3) is 7.82 Å². The fourth-order valence-electron chi connectivity index (χ4n) is 7.35. The van der Waals surface area contributed by atoms with Gasteiger partial charge in [0.1, 0.15) is 19.8 Å². The van der Waals surface area contributed by atoms with Crippen LogP contribution in [-0.2, 0) is 32.7 Å². The van der Waals surface area contributed by atoms with Crippen molar-refractivity contribution in [3.63, 3.8) is 0 Å². The minimum Gasteiger partial charge on any atom is -0.756 e. The molecule has 0 bridgehead atoms. The second kappa shape index (κ2) is 44.7. The summed E-state index contributed by atoms with van der Waals surface area (Å²) < 4.78 is 34.1. The van der Waals surface area contributed by atoms with Gasteiger partial charge in [-0.1, -0.05) is 192 Å². The Kier molecular flexibility index (Phi) is 43.6. The monoisotopic (exact) mass is 898 g/mol. The van der Waals surface area contributed by atoms with Crippen LogP contribution < -0.4 is 4.89 Å². The molecule has 10 heteroatoms. The van der Waals surface area contributed by atoms with Gasteiger partial charge in [0, 0.05) is 12.8 Å². The predicted octanol–water partition coefficient (Wildman–Crippen LogP) is 14.8. The molecule has 0 spiro atoms. The topological polar surface area (TPSA) is 111 Å². The molecule has 0 heterocycles. The van der Waals surface area contributed by atoms with Crippen molar-refractivity contribution in [1.29, 1.82) is 0 Å². The first-order valence-electron chi connectivity index (χ1n) is 26.0. The van der Waals surface area contributed by atoms with Crippen molar-refractivity contribution < 1.29 is 42.1 Å². The minimum atomic E-state index is -4.63. The van der Waals surface area contributed by atoms with Crippen LogP contribution in [0.5, 0.6) is 0 Å². The van der Waals surface area contributed by atoms with E-state index in [2.05, 4.69) is 38.2 Å². The molecule has 0 aromatic heterocycles. The van der Waals surface area contributed by atoms with E-state index in [-0.39, 0.29) is 32.0 Å². The van der Waals surface area contributed by atoms with Crippen molar-refractivity contribution in [3.8, 4) is 0 Å². The third kappa shape index (κ3) is 48.0. The molecular weight excluding hydrogens is 798 g/mol. The van der Waals surface area contributed by atoms with E-state index in [1.54, 1.807) is 0 Å². The van der Waals surface area contributed by atoms with E-state index < -0.39 is 26.5 Å². The van der Waals surface area contributed by atoms with Crippen LogP contribution in [0.2, 0.25) is 0 Å². The third-order valence-electron chi connectivity index (χ3n) is 11.4. The molecule has 366 valence electrons. The zero-order valence-electron chi connectivity index (χ0n) is 41.3. The van der Waals surface area contributed by atoms with Gasteiger partial charge >= 0.3 is 11.9 Å². The minimum absolute atomic E-state index is 0.0299. The number of allylic oxidation sites excluding steroid dienone is 4. The van der Waals surface area contributed by atoms with E-state index in [4.69, 9.17) is 18.5 Å². The van der Waals surface area contributed by atoms with E-state index in [9.17, 15) is 19.0 Å². The van der Waals surface area contributed by atoms with Gasteiger partial charge in [0.05, 0.1) is 27.7 Å². The Bertz CT molecular complexity index is 1110. The van der Waals surface area contributed by atoms with Gasteiger partial charge in [-0.15, -0.1) is 0 Å². The van der Waals surface area contributed by atoms with Crippen molar-refractivity contribution in [2.75, 3.05) is 47.5 Å². The molecule has 0 aliphatic heterocycles. The number of unbranched alkanes of at least 4 members (excludes halogenated alkanes) is 30. The molecule has 0 fully saturated rings. The molecule has 0 saturated heterocycles. The lowest BCUT2D eigenvalue weighted by atomic mass is 10.0. The van der Waals surface area contributed by atoms with Gasteiger partial charge in [-0.05, 0) is 64.2 Å². The van der Waals surface area contributed by atoms with Gasteiger partial charge in [0.2, 0.25) is 0 Å². The molecule has 0 aliphatic rings. The number of phosphoric acid groups is 1. The summed E-state index contributed by atoms with van der Waals surface area (Å²) in [5, 5.41) is 0. The van der Waals surface area contributed by atoms with Crippen LogP contribution in [0.15, 0.2) is 24.3 Å². The Morgan fingerprint density at radius 2 is 0.823 bits per heavy atom. The zero-order chi connectivity index (χ0) is 45.7. The molecule has 2 atom stereocenters. The van der Waals surface area contributed by atoms with Crippen LogP contribution in [-0.4, -0.2) is 70.0 Å². The summed E-state index contributed by atoms with van der Waals surface area (Å²) in [5.41, 5.74) is 0. The summed E-state index contributed by atoms with van der Waals surface area (Å²) >= 11 is 0. The van der Waals surface area contributed by atoms with Crippen molar-refractivity contribution in [2.24, 2.45) is 0 Å². The summed E-state index contributed by atoms with van der Waals surface area (Å²) in [6, 6.07) is 0. The summed E-state index contributed by atoms with van der Waals surface area (Å²) in [6.45, 7) is 4.25. The van der Waals surface area contributed by atoms with Crippen molar-refractivity contribution >= 4 is 19.8 Å². The van der Waals surface area contributed by atoms with Gasteiger partial charge in [0.15, 0.2) is 6.10 Å². The maximum Gasteiger partial charge on any atom is 0.306 e. The SMILES string of the molecule is CCCCCCCC/C=C\CCCCCCCCCCCCCC(=O)O[C@H](COC(=O)CCCCCCCCC/C=C\CCCCCCCC)COP(=O)([O-])OCC[N+](C)(C)C. The number of phosphoric ester groups is 1. The molecule has 62 heavy (non-hydrogen) atoms. The van der Waals surface area contributed by atoms with E-state index in [1.165, 1.54) is 161 Å². The first-order valence-corrected chi connectivity index (χ1v) is 27.5. The van der Waals surface area contributed by atoms with Crippen LogP contribution in [0, 0.1) is 0 Å². The van der Waals surface area contributed by atoms with Crippen molar-refractivity contribution in [1.82, 2.24) is 0 Å². The Balaban J connectivity index is 4.23. The first kappa shape index (κ1) is 60.5. The molecule has 0 saturated carbocycles. The standard InChI is InChI=1S/C52H100NO8P/c1-6-8-10-12-14-16-18-20-22-24-25-26-27-29-31-33-35-37-39-41-43-45-52(55)61-50(49-60-62(56,57)59-47-46-53(3,4)5)48-58-51(54)44-42-40-38-36-34-32-30-28-23-21-19-17-15-13-11-9-7-2/h20-23,50H,6-19,24-49H2,1-5H3/b22-20-,23-21-/t50-/m1/s1. The Morgan fingerprint density at radius 1 is 0.484 bits per heavy atom. The van der Waals surface area contributed by atoms with Gasteiger partial charge < -0.3 is 27.9 Å². The average molecular weight is 898 g/mol. The van der Waals surface area contributed by atoms with Gasteiger partial charge in [-0.25, -0.2) is 0 Å². The molecule has 0 aromatic carbocycles. The normalized spacial score (nSPS) is 13.6. The number of carbonyl (C=O) groups is 2. The quantitative estimate of drug-likeness (QED) is 0.0195. The fourth-order valence-corrected chi connectivity index (χ4v) is 8.08. The first-order chi connectivity index (χ1) is 30.0. The number of rotatable bonds is 48. The molecule has 0 aliphatic carbocycles. The number of likely N-dealkylation sites (N-methyl/N-ethyl adjacent to an activating group) is 1. The predicted molar refractivity (Wildman–Crippen MR) is 259 cm³/mol. The van der Waals surface area contributed by atoms with E-state index in [0.717, 1.165) is 51.4 Å². The van der Waals surface area contributed by atoms with E-state index in [1.807, 2.05) is 21.1 Å². The maximum absolute atomic E-state index is 12.7. The highest BCUT2D eigenvalue weighted by atomic mass is 31.2. The highest BCUT2D eigenvalue weighted by molar-refractivity contribution is 7.45. The van der Waals surface area contributed by atoms with Crippen LogP contribution in [0.3, 0.4) is 0 Å². The number of quaternary nitrogens is 1. The Labute approximate surface area is 383 Å². The molecule has 0 aromatic rings. The molecule has 1 unspecified atom stereocenters. The molecule has 0 amide bonds. The van der Waals surface area contributed by atoms with Crippen LogP contribution >= 0.6 is 7.82 Å². The summed E-state index contributed by atoms with van der Waals surface area (Å²) in [5.74, 6) is -0.830. The van der Waals surface area contributed by atoms with Crippen molar-refractivity contribution in [3.05, 3.63) is 24.3 Å². The lowest BCUT2D eigenvalue weighted by Crippen LogP contribution is -2.37. The second-order valence-corrected chi connectivity index (χ2v) is 20.3. The Hall–Kier alpha value is -1.51. The van der Waals surface area contributed by atoms with Crippen LogP contribution in [0.4, 0.5) is 0 Å². The number of esters is 2. The highest BCUT2D eigenvalue weighted by Gasteiger charge is 2.21. The van der Waals surface area contributed by atoms with Crippen LogP contribution in [0.25, 0.3) is 0 Å². The number of ether oxygens (including phenoxy) is 2. The lowest BCUT2D eigenvalue weighted by Gasteiger charge is -2.28. The smallest absolute Gasteiger partial charge is 0.306 e. The van der Waals surface area contributed by atoms with Crippen molar-refractivity contribution in [2.45, 2.75) is 251 Å². The van der Waals surface area contributed by atoms with Gasteiger partial charge in [-0.2, -0.15) is 0 Å². The van der Waals surface area contributed by atoms with Gasteiger partial charge in [-0.3, -0.25) is 14.2 Å². The molecular formula is C52H100NO8P. The molecule has 0 rings (SSSR count). The molecule has 9 nitrogen and oxygen atoms in total. The lowest BCUT2D eigenvalue weighted by molar-refractivity contribution is -0.870. The second-order valence-electron chi connectivity index (χ2n) is 18.9. The molecule has 0 N–H and O–H groups in total. The van der Waals surface area contributed by atoms with Crippen LogP contribution in [0.1, 0.15) is 245 Å². The third-order valence-corrected chi connectivity index (χ3v) is 12.4. The largest absolute Gasteiger partial charge is 0.756 e. The number of hydrogen-bond acceptors (Lipinski definition) is 8.